The number of hydrogen-bond donors (Lipinski definition) is 0. The molecule has 0 aliphatic rings. The van der Waals surface area contributed by atoms with Crippen molar-refractivity contribution in [3.63, 3.8) is 0 Å². The molecular weight excluding hydrogens is 793 g/mol. The summed E-state index contributed by atoms with van der Waals surface area (Å²) in [6.45, 7) is 0. The van der Waals surface area contributed by atoms with Gasteiger partial charge in [0.05, 0.1) is 0 Å². The molecular formula is C66H42. The minimum Gasteiger partial charge on any atom is -0.0622 e. The zero-order valence-corrected chi connectivity index (χ0v) is 36.2. The Morgan fingerprint density at radius 1 is 0.152 bits per heavy atom. The fraction of sp³-hybridized carbons (Fsp3) is 0. The van der Waals surface area contributed by atoms with Crippen LogP contribution in [0.4, 0.5) is 0 Å². The van der Waals surface area contributed by atoms with Crippen LogP contribution in [0.3, 0.4) is 0 Å². The van der Waals surface area contributed by atoms with Crippen LogP contribution in [-0.4, -0.2) is 0 Å². The summed E-state index contributed by atoms with van der Waals surface area (Å²) in [5.41, 5.74) is 14.8. The van der Waals surface area contributed by atoms with Crippen molar-refractivity contribution in [3.8, 4) is 66.8 Å². The van der Waals surface area contributed by atoms with Crippen molar-refractivity contribution in [2.24, 2.45) is 0 Å². The molecule has 13 aromatic carbocycles. The summed E-state index contributed by atoms with van der Waals surface area (Å²) in [6, 6.07) is 94.2. The second kappa shape index (κ2) is 15.6. The van der Waals surface area contributed by atoms with E-state index in [0.717, 1.165) is 0 Å². The lowest BCUT2D eigenvalue weighted by Crippen LogP contribution is -1.94. The van der Waals surface area contributed by atoms with E-state index in [1.54, 1.807) is 0 Å². The van der Waals surface area contributed by atoms with Crippen molar-refractivity contribution >= 4 is 64.6 Å². The average Bonchev–Trinajstić information content (AvgIpc) is 3.40. The van der Waals surface area contributed by atoms with Gasteiger partial charge in [-0.1, -0.05) is 243 Å². The van der Waals surface area contributed by atoms with Crippen LogP contribution >= 0.6 is 0 Å². The molecule has 0 heteroatoms. The maximum atomic E-state index is 2.49. The molecule has 0 spiro atoms. The van der Waals surface area contributed by atoms with Gasteiger partial charge in [-0.25, -0.2) is 0 Å². The molecule has 0 nitrogen and oxygen atoms in total. The van der Waals surface area contributed by atoms with Crippen molar-refractivity contribution in [2.45, 2.75) is 0 Å². The summed E-state index contributed by atoms with van der Waals surface area (Å²) in [7, 11) is 0. The summed E-state index contributed by atoms with van der Waals surface area (Å²) >= 11 is 0. The number of benzene rings is 13. The van der Waals surface area contributed by atoms with E-state index in [1.165, 1.54) is 131 Å². The van der Waals surface area contributed by atoms with Gasteiger partial charge in [0.15, 0.2) is 0 Å². The Balaban J connectivity index is 1.10. The molecule has 0 saturated carbocycles. The lowest BCUT2D eigenvalue weighted by Gasteiger charge is -2.21. The first-order valence-electron chi connectivity index (χ1n) is 22.9. The van der Waals surface area contributed by atoms with Gasteiger partial charge in [-0.05, 0) is 144 Å². The third-order valence-electron chi connectivity index (χ3n) is 13.8. The molecule has 0 amide bonds. The molecule has 0 fully saturated rings. The van der Waals surface area contributed by atoms with E-state index in [1.807, 2.05) is 0 Å². The predicted molar refractivity (Wildman–Crippen MR) is 284 cm³/mol. The van der Waals surface area contributed by atoms with Gasteiger partial charge < -0.3 is 0 Å². The number of fused-ring (bicyclic) bond motifs is 7. The highest BCUT2D eigenvalue weighted by Gasteiger charge is 2.22. The van der Waals surface area contributed by atoms with E-state index in [2.05, 4.69) is 255 Å². The Morgan fingerprint density at radius 2 is 0.470 bits per heavy atom. The number of rotatable bonds is 6. The van der Waals surface area contributed by atoms with E-state index in [0.29, 0.717) is 0 Å². The average molecular weight is 835 g/mol. The van der Waals surface area contributed by atoms with Crippen LogP contribution in [-0.2, 0) is 0 Å². The second-order valence-corrected chi connectivity index (χ2v) is 17.5. The molecule has 0 radical (unpaired) electrons. The summed E-state index contributed by atoms with van der Waals surface area (Å²) in [5, 5.41) is 15.0. The van der Waals surface area contributed by atoms with E-state index >= 15 is 0 Å². The molecule has 13 rings (SSSR count). The van der Waals surface area contributed by atoms with Crippen LogP contribution in [0.2, 0.25) is 0 Å². The molecule has 0 unspecified atom stereocenters. The molecule has 306 valence electrons. The van der Waals surface area contributed by atoms with Gasteiger partial charge in [-0.2, -0.15) is 0 Å². The van der Waals surface area contributed by atoms with Crippen LogP contribution in [0, 0.1) is 0 Å². The topological polar surface area (TPSA) is 0 Å². The molecule has 0 aromatic heterocycles. The largest absolute Gasteiger partial charge is 0.0622 e. The number of hydrogen-bond acceptors (Lipinski definition) is 0. The van der Waals surface area contributed by atoms with Crippen LogP contribution in [0.5, 0.6) is 0 Å². The Hall–Kier alpha value is -8.58. The highest BCUT2D eigenvalue weighted by molar-refractivity contribution is 6.27. The van der Waals surface area contributed by atoms with Crippen molar-refractivity contribution in [1.29, 1.82) is 0 Å². The van der Waals surface area contributed by atoms with Gasteiger partial charge in [0.1, 0.15) is 0 Å². The standard InChI is InChI=1S/C66H42/c1-3-17-43(18-4-1)45-31-35-47(36-32-45)63-54-25-11-12-26-55(54)64(48-37-33-46(34-38-48)44-19-5-2-6-20-44)62-42-50(39-40-60(62)63)65-56-27-13-15-29-58(56)66(59-30-16-14-28-57(59)65)61-41-49-21-7-8-22-51(49)52-23-9-10-24-53(52)61/h1-42H. The van der Waals surface area contributed by atoms with E-state index in [9.17, 15) is 0 Å². The molecule has 13 aromatic rings. The van der Waals surface area contributed by atoms with Crippen LogP contribution in [0.1, 0.15) is 0 Å². The van der Waals surface area contributed by atoms with E-state index in [4.69, 9.17) is 0 Å². The lowest BCUT2D eigenvalue weighted by atomic mass is 9.82. The maximum Gasteiger partial charge on any atom is -0.00199 e. The normalized spacial score (nSPS) is 11.6. The molecule has 0 bridgehead atoms. The Bertz CT molecular complexity index is 3940. The highest BCUT2D eigenvalue weighted by Crippen LogP contribution is 2.49. The SMILES string of the molecule is c1ccc(-c2ccc(-c3c4ccccc4c(-c4ccc(-c5ccccc5)cc4)c4cc(-c5c6ccccc6c(-c6cc7ccccc7c7ccccc67)c6ccccc56)ccc34)cc2)cc1. The van der Waals surface area contributed by atoms with Crippen molar-refractivity contribution < 1.29 is 0 Å². The van der Waals surface area contributed by atoms with Gasteiger partial charge in [0.2, 0.25) is 0 Å². The molecule has 0 aliphatic carbocycles. The van der Waals surface area contributed by atoms with Gasteiger partial charge in [-0.15, -0.1) is 0 Å². The zero-order chi connectivity index (χ0) is 43.6. The first-order valence-corrected chi connectivity index (χ1v) is 22.9. The minimum atomic E-state index is 1.20. The predicted octanol–water partition coefficient (Wildman–Crippen LogP) is 18.6. The summed E-state index contributed by atoms with van der Waals surface area (Å²) in [4.78, 5) is 0. The van der Waals surface area contributed by atoms with Crippen LogP contribution in [0.15, 0.2) is 255 Å². The minimum absolute atomic E-state index is 1.20. The molecule has 0 saturated heterocycles. The first kappa shape index (κ1) is 37.9. The summed E-state index contributed by atoms with van der Waals surface area (Å²) in [5.74, 6) is 0. The third-order valence-corrected chi connectivity index (χ3v) is 13.8. The van der Waals surface area contributed by atoms with Crippen molar-refractivity contribution in [1.82, 2.24) is 0 Å². The summed E-state index contributed by atoms with van der Waals surface area (Å²) in [6.07, 6.45) is 0. The van der Waals surface area contributed by atoms with Gasteiger partial charge in [-0.3, -0.25) is 0 Å². The molecule has 0 heterocycles. The maximum absolute atomic E-state index is 2.49. The van der Waals surface area contributed by atoms with Crippen LogP contribution in [0.25, 0.3) is 131 Å². The van der Waals surface area contributed by atoms with E-state index in [-0.39, 0.29) is 0 Å². The molecule has 0 atom stereocenters. The molecule has 66 heavy (non-hydrogen) atoms. The Kier molecular flexibility index (Phi) is 8.96. The lowest BCUT2D eigenvalue weighted by molar-refractivity contribution is 1.60. The quantitative estimate of drug-likeness (QED) is 0.116. The first-order chi connectivity index (χ1) is 32.8. The monoisotopic (exact) mass is 834 g/mol. The van der Waals surface area contributed by atoms with Crippen LogP contribution < -0.4 is 0 Å². The smallest absolute Gasteiger partial charge is 0.00199 e. The van der Waals surface area contributed by atoms with E-state index < -0.39 is 0 Å². The fourth-order valence-corrected chi connectivity index (χ4v) is 10.9. The van der Waals surface area contributed by atoms with Crippen molar-refractivity contribution in [2.75, 3.05) is 0 Å². The highest BCUT2D eigenvalue weighted by atomic mass is 14.2. The summed E-state index contributed by atoms with van der Waals surface area (Å²) < 4.78 is 0. The van der Waals surface area contributed by atoms with Gasteiger partial charge >= 0.3 is 0 Å². The Labute approximate surface area is 384 Å². The molecule has 0 aliphatic heterocycles. The zero-order valence-electron chi connectivity index (χ0n) is 36.2. The Morgan fingerprint density at radius 3 is 0.970 bits per heavy atom. The van der Waals surface area contributed by atoms with Gasteiger partial charge in [0, 0.05) is 0 Å². The third kappa shape index (κ3) is 6.15. The van der Waals surface area contributed by atoms with Crippen molar-refractivity contribution in [3.05, 3.63) is 255 Å². The second-order valence-electron chi connectivity index (χ2n) is 17.5. The molecule has 0 N–H and O–H groups in total. The fourth-order valence-electron chi connectivity index (χ4n) is 10.9. The van der Waals surface area contributed by atoms with Gasteiger partial charge in [0.25, 0.3) is 0 Å².